The monoisotopic (exact) mass is 794 g/mol. The molecule has 0 saturated heterocycles. The van der Waals surface area contributed by atoms with Crippen molar-refractivity contribution in [2.24, 2.45) is 0 Å². The highest BCUT2D eigenvalue weighted by atomic mass is 15.0. The van der Waals surface area contributed by atoms with Crippen LogP contribution < -0.4 is 0 Å². The second-order valence-electron chi connectivity index (χ2n) is 15.4. The van der Waals surface area contributed by atoms with Crippen LogP contribution in [-0.2, 0) is 0 Å². The molecule has 3 heterocycles. The first-order valence-electron chi connectivity index (χ1n) is 20.8. The Kier molecular flexibility index (Phi) is 9.28. The number of fused-ring (bicyclic) bond motifs is 3. The zero-order chi connectivity index (χ0) is 41.4. The Hall–Kier alpha value is -8.35. The molecule has 0 amide bonds. The molecule has 0 aliphatic carbocycles. The van der Waals surface area contributed by atoms with Crippen molar-refractivity contribution in [3.05, 3.63) is 218 Å². The largest absolute Gasteiger partial charge is 0.309 e. The maximum atomic E-state index is 5.38. The van der Waals surface area contributed by atoms with Crippen LogP contribution in [0.25, 0.3) is 107 Å². The number of aryl methyl sites for hydroxylation is 1. The molecule has 6 heteroatoms. The highest BCUT2D eigenvalue weighted by molar-refractivity contribution is 6.11. The van der Waals surface area contributed by atoms with E-state index in [1.54, 1.807) is 0 Å². The molecule has 0 unspecified atom stereocenters. The van der Waals surface area contributed by atoms with Gasteiger partial charge in [-0.2, -0.15) is 0 Å². The molecule has 11 rings (SSSR count). The minimum absolute atomic E-state index is 0.554. The van der Waals surface area contributed by atoms with Crippen molar-refractivity contribution in [2.75, 3.05) is 0 Å². The van der Waals surface area contributed by atoms with Gasteiger partial charge in [0.15, 0.2) is 23.3 Å². The molecular weight excluding hydrogens is 757 g/mol. The summed E-state index contributed by atoms with van der Waals surface area (Å²) in [4.78, 5) is 26.0. The summed E-state index contributed by atoms with van der Waals surface area (Å²) in [5.74, 6) is 2.34. The summed E-state index contributed by atoms with van der Waals surface area (Å²) in [6.45, 7) is 2.17. The minimum Gasteiger partial charge on any atom is -0.309 e. The Labute approximate surface area is 359 Å². The van der Waals surface area contributed by atoms with Crippen LogP contribution in [0.15, 0.2) is 212 Å². The maximum Gasteiger partial charge on any atom is 0.164 e. The average molecular weight is 795 g/mol. The zero-order valence-electron chi connectivity index (χ0n) is 33.9. The lowest BCUT2D eigenvalue weighted by Gasteiger charge is -2.17. The number of hydrogen-bond donors (Lipinski definition) is 0. The molecule has 0 bridgehead atoms. The quantitative estimate of drug-likeness (QED) is 0.153. The summed E-state index contributed by atoms with van der Waals surface area (Å²) in [5.41, 5.74) is 13.9. The highest BCUT2D eigenvalue weighted by Crippen LogP contribution is 2.40. The Morgan fingerprint density at radius 2 is 0.790 bits per heavy atom. The van der Waals surface area contributed by atoms with Crippen LogP contribution in [-0.4, -0.2) is 29.5 Å². The van der Waals surface area contributed by atoms with E-state index in [9.17, 15) is 0 Å². The lowest BCUT2D eigenvalue weighted by atomic mass is 9.99. The predicted molar refractivity (Wildman–Crippen MR) is 253 cm³/mol. The van der Waals surface area contributed by atoms with Gasteiger partial charge in [0.25, 0.3) is 0 Å². The zero-order valence-corrected chi connectivity index (χ0v) is 33.9. The predicted octanol–water partition coefficient (Wildman–Crippen LogP) is 13.7. The van der Waals surface area contributed by atoms with Gasteiger partial charge in [0.1, 0.15) is 0 Å². The van der Waals surface area contributed by atoms with Crippen molar-refractivity contribution < 1.29 is 0 Å². The summed E-state index contributed by atoms with van der Waals surface area (Å²) in [6, 6.07) is 73.3. The van der Waals surface area contributed by atoms with E-state index in [1.807, 2.05) is 97.1 Å². The van der Waals surface area contributed by atoms with Crippen molar-refractivity contribution in [1.29, 1.82) is 0 Å². The highest BCUT2D eigenvalue weighted by Gasteiger charge is 2.22. The van der Waals surface area contributed by atoms with Crippen LogP contribution in [0.5, 0.6) is 0 Å². The van der Waals surface area contributed by atoms with Gasteiger partial charge in [-0.25, -0.2) is 24.9 Å². The Bertz CT molecular complexity index is 3280. The van der Waals surface area contributed by atoms with E-state index < -0.39 is 0 Å². The molecule has 0 spiro atoms. The summed E-state index contributed by atoms with van der Waals surface area (Å²) >= 11 is 0. The Morgan fingerprint density at radius 3 is 1.39 bits per heavy atom. The van der Waals surface area contributed by atoms with Gasteiger partial charge in [-0.15, -0.1) is 0 Å². The van der Waals surface area contributed by atoms with Crippen LogP contribution in [0.1, 0.15) is 5.56 Å². The molecular formula is C56H38N6. The van der Waals surface area contributed by atoms with Gasteiger partial charge in [-0.1, -0.05) is 170 Å². The lowest BCUT2D eigenvalue weighted by Crippen LogP contribution is -2.04. The van der Waals surface area contributed by atoms with Crippen molar-refractivity contribution in [1.82, 2.24) is 29.5 Å². The van der Waals surface area contributed by atoms with Crippen LogP contribution in [0.3, 0.4) is 0 Å². The van der Waals surface area contributed by atoms with Gasteiger partial charge >= 0.3 is 0 Å². The molecule has 0 saturated carbocycles. The molecule has 8 aromatic carbocycles. The van der Waals surface area contributed by atoms with E-state index in [1.165, 1.54) is 16.7 Å². The SMILES string of the molecule is Cc1ccccc1-c1ccc2c(c1)c1ccccc1n2-c1ccc(-c2nc(-c3ccccc3)nc(-c3ccccc3)n2)cc1-c1nc(-c2ccccc2)cc(-c2ccccc2)n1. The molecule has 292 valence electrons. The molecule has 3 aromatic heterocycles. The van der Waals surface area contributed by atoms with E-state index in [-0.39, 0.29) is 0 Å². The van der Waals surface area contributed by atoms with E-state index in [2.05, 4.69) is 127 Å². The second-order valence-corrected chi connectivity index (χ2v) is 15.4. The fourth-order valence-electron chi connectivity index (χ4n) is 8.36. The van der Waals surface area contributed by atoms with Crippen molar-refractivity contribution in [2.45, 2.75) is 6.92 Å². The first kappa shape index (κ1) is 36.7. The third-order valence-corrected chi connectivity index (χ3v) is 11.4. The first-order chi connectivity index (χ1) is 30.6. The second kappa shape index (κ2) is 15.7. The van der Waals surface area contributed by atoms with Gasteiger partial charge in [0.05, 0.1) is 28.1 Å². The summed E-state index contributed by atoms with van der Waals surface area (Å²) in [6.07, 6.45) is 0. The number of hydrogen-bond acceptors (Lipinski definition) is 5. The number of benzene rings is 8. The van der Waals surface area contributed by atoms with Crippen molar-refractivity contribution in [3.63, 3.8) is 0 Å². The lowest BCUT2D eigenvalue weighted by molar-refractivity contribution is 1.07. The number of para-hydroxylation sites is 1. The van der Waals surface area contributed by atoms with Crippen LogP contribution >= 0.6 is 0 Å². The fraction of sp³-hybridized carbons (Fsp3) is 0.0179. The average Bonchev–Trinajstić information content (AvgIpc) is 3.68. The molecule has 0 fully saturated rings. The van der Waals surface area contributed by atoms with Crippen LogP contribution in [0.4, 0.5) is 0 Å². The molecule has 0 atom stereocenters. The molecule has 0 aliphatic rings. The van der Waals surface area contributed by atoms with Gasteiger partial charge in [0, 0.05) is 44.2 Å². The van der Waals surface area contributed by atoms with Crippen molar-refractivity contribution >= 4 is 21.8 Å². The first-order valence-corrected chi connectivity index (χ1v) is 20.8. The topological polar surface area (TPSA) is 69.4 Å². The van der Waals surface area contributed by atoms with Gasteiger partial charge in [0.2, 0.25) is 0 Å². The Balaban J connectivity index is 1.20. The third kappa shape index (κ3) is 6.79. The van der Waals surface area contributed by atoms with Gasteiger partial charge in [-0.3, -0.25) is 0 Å². The van der Waals surface area contributed by atoms with E-state index in [0.717, 1.165) is 72.3 Å². The molecule has 6 nitrogen and oxygen atoms in total. The van der Waals surface area contributed by atoms with Crippen molar-refractivity contribution in [3.8, 4) is 84.9 Å². The normalized spacial score (nSPS) is 11.3. The maximum absolute atomic E-state index is 5.38. The van der Waals surface area contributed by atoms with E-state index >= 15 is 0 Å². The smallest absolute Gasteiger partial charge is 0.164 e. The fourth-order valence-corrected chi connectivity index (χ4v) is 8.36. The standard InChI is InChI=1S/C56H38N6/c1-37-18-14-15-27-44(37)42-30-32-51-46(34-42)45-28-16-17-29-50(45)62(51)52-33-31-43(55-60-53(40-23-10-4-11-24-40)59-54(61-55)41-25-12-5-13-26-41)35-47(52)56-57-48(38-19-6-2-7-20-38)36-49(58-56)39-21-8-3-9-22-39/h2-36H,1H3. The van der Waals surface area contributed by atoms with Gasteiger partial charge in [-0.05, 0) is 66.1 Å². The Morgan fingerprint density at radius 1 is 0.306 bits per heavy atom. The molecule has 0 radical (unpaired) electrons. The molecule has 0 N–H and O–H groups in total. The summed E-state index contributed by atoms with van der Waals surface area (Å²) < 4.78 is 2.35. The molecule has 0 aliphatic heterocycles. The van der Waals surface area contributed by atoms with E-state index in [0.29, 0.717) is 23.3 Å². The van der Waals surface area contributed by atoms with Gasteiger partial charge < -0.3 is 4.57 Å². The van der Waals surface area contributed by atoms with Crippen LogP contribution in [0.2, 0.25) is 0 Å². The van der Waals surface area contributed by atoms with Crippen LogP contribution in [0, 0.1) is 6.92 Å². The minimum atomic E-state index is 0.554. The third-order valence-electron chi connectivity index (χ3n) is 11.4. The van der Waals surface area contributed by atoms with E-state index in [4.69, 9.17) is 24.9 Å². The number of nitrogens with zero attached hydrogens (tertiary/aromatic N) is 6. The summed E-state index contributed by atoms with van der Waals surface area (Å²) in [7, 11) is 0. The molecule has 62 heavy (non-hydrogen) atoms. The number of rotatable bonds is 8. The number of aromatic nitrogens is 6. The molecule has 11 aromatic rings. The summed E-state index contributed by atoms with van der Waals surface area (Å²) in [5, 5.41) is 2.33.